The van der Waals surface area contributed by atoms with Gasteiger partial charge in [-0.2, -0.15) is 8.42 Å². The first-order valence-electron chi connectivity index (χ1n) is 8.57. The summed E-state index contributed by atoms with van der Waals surface area (Å²) in [5, 5.41) is 9.67. The molecule has 0 spiro atoms. The number of nitrogens with one attached hydrogen (secondary N) is 2. The van der Waals surface area contributed by atoms with Crippen molar-refractivity contribution >= 4 is 39.4 Å². The maximum absolute atomic E-state index is 12.2. The predicted octanol–water partition coefficient (Wildman–Crippen LogP) is 3.47. The zero-order chi connectivity index (χ0) is 21.0. The lowest BCUT2D eigenvalue weighted by Crippen LogP contribution is -2.36. The molecule has 1 aliphatic rings. The molecule has 0 fully saturated rings. The van der Waals surface area contributed by atoms with Gasteiger partial charge in [0.15, 0.2) is 0 Å². The molecule has 0 bridgehead atoms. The Morgan fingerprint density at radius 1 is 0.931 bits per heavy atom. The van der Waals surface area contributed by atoms with E-state index in [0.717, 1.165) is 0 Å². The minimum atomic E-state index is -4.23. The minimum Gasteiger partial charge on any atom is -0.478 e. The summed E-state index contributed by atoms with van der Waals surface area (Å²) in [5.41, 5.74) is 0.128. The van der Waals surface area contributed by atoms with Crippen LogP contribution in [0.15, 0.2) is 59.7 Å². The van der Waals surface area contributed by atoms with Gasteiger partial charge in [0.05, 0.1) is 5.69 Å². The van der Waals surface area contributed by atoms with Crippen LogP contribution in [0.2, 0.25) is 5.02 Å². The molecule has 0 radical (unpaired) electrons. The number of halogens is 1. The van der Waals surface area contributed by atoms with Gasteiger partial charge in [-0.25, -0.2) is 9.52 Å². The SMILES string of the molecule is O=C(O)C1=C(C(=O)NS(=O)(=O)Nc2ccc(Oc3ccc(Cl)cc3)cc2)CCC1. The number of carboxylic acids is 1. The highest BCUT2D eigenvalue weighted by atomic mass is 35.5. The molecule has 0 aliphatic heterocycles. The average Bonchev–Trinajstić information content (AvgIpc) is 3.15. The number of ether oxygens (including phenoxy) is 1. The average molecular weight is 437 g/mol. The number of rotatable bonds is 7. The fraction of sp³-hybridized carbons (Fsp3) is 0.158. The van der Waals surface area contributed by atoms with Gasteiger partial charge in [0.2, 0.25) is 0 Å². The van der Waals surface area contributed by atoms with Gasteiger partial charge in [0, 0.05) is 16.2 Å². The van der Waals surface area contributed by atoms with Gasteiger partial charge in [-0.1, -0.05) is 11.6 Å². The van der Waals surface area contributed by atoms with Crippen LogP contribution in [0.4, 0.5) is 5.69 Å². The van der Waals surface area contributed by atoms with Gasteiger partial charge in [0.25, 0.3) is 5.91 Å². The maximum Gasteiger partial charge on any atom is 0.332 e. The Labute approximate surface area is 172 Å². The van der Waals surface area contributed by atoms with Crippen molar-refractivity contribution in [2.45, 2.75) is 19.3 Å². The molecule has 0 saturated heterocycles. The van der Waals surface area contributed by atoms with Crippen molar-refractivity contribution in [3.8, 4) is 11.5 Å². The third kappa shape index (κ3) is 5.49. The molecule has 2 aromatic rings. The predicted molar refractivity (Wildman–Crippen MR) is 107 cm³/mol. The van der Waals surface area contributed by atoms with Crippen LogP contribution >= 0.6 is 11.6 Å². The summed E-state index contributed by atoms with van der Waals surface area (Å²) in [6, 6.07) is 12.8. The van der Waals surface area contributed by atoms with E-state index < -0.39 is 22.1 Å². The van der Waals surface area contributed by atoms with E-state index in [1.807, 2.05) is 4.72 Å². The Hall–Kier alpha value is -3.04. The maximum atomic E-state index is 12.2. The van der Waals surface area contributed by atoms with Crippen LogP contribution in [-0.4, -0.2) is 25.4 Å². The summed E-state index contributed by atoms with van der Waals surface area (Å²) in [7, 11) is -4.23. The molecule has 8 nitrogen and oxygen atoms in total. The van der Waals surface area contributed by atoms with Crippen LogP contribution in [0, 0.1) is 0 Å². The lowest BCUT2D eigenvalue weighted by Gasteiger charge is -2.11. The molecular weight excluding hydrogens is 420 g/mol. The highest BCUT2D eigenvalue weighted by molar-refractivity contribution is 7.91. The van der Waals surface area contributed by atoms with Crippen molar-refractivity contribution in [3.05, 3.63) is 64.7 Å². The van der Waals surface area contributed by atoms with Crippen molar-refractivity contribution in [2.24, 2.45) is 0 Å². The van der Waals surface area contributed by atoms with E-state index in [1.165, 1.54) is 12.1 Å². The van der Waals surface area contributed by atoms with Gasteiger partial charge >= 0.3 is 16.2 Å². The number of carboxylic acid groups (broad SMARTS) is 1. The molecular formula is C19H17ClN2O6S. The molecule has 1 aliphatic carbocycles. The Morgan fingerprint density at radius 3 is 2.07 bits per heavy atom. The molecule has 3 N–H and O–H groups in total. The van der Waals surface area contributed by atoms with E-state index in [1.54, 1.807) is 36.4 Å². The van der Waals surface area contributed by atoms with Crippen molar-refractivity contribution in [1.29, 1.82) is 0 Å². The standard InChI is InChI=1S/C19H17ClN2O6S/c20-12-4-8-14(9-5-12)28-15-10-6-13(7-11-15)21-29(26,27)22-18(23)16-2-1-3-17(16)19(24)25/h4-11,21H,1-3H2,(H,22,23)(H,24,25). The second-order valence-electron chi connectivity index (χ2n) is 6.23. The van der Waals surface area contributed by atoms with Crippen molar-refractivity contribution in [2.75, 3.05) is 4.72 Å². The smallest absolute Gasteiger partial charge is 0.332 e. The molecule has 0 heterocycles. The first kappa shape index (κ1) is 20.7. The number of anilines is 1. The molecule has 1 amide bonds. The van der Waals surface area contributed by atoms with Crippen LogP contribution in [0.3, 0.4) is 0 Å². The Bertz CT molecular complexity index is 1060. The summed E-state index contributed by atoms with van der Waals surface area (Å²) in [6.07, 6.45) is 0.952. The summed E-state index contributed by atoms with van der Waals surface area (Å²) in [4.78, 5) is 23.3. The first-order chi connectivity index (χ1) is 13.7. The van der Waals surface area contributed by atoms with Crippen molar-refractivity contribution in [1.82, 2.24) is 4.72 Å². The Morgan fingerprint density at radius 2 is 1.48 bits per heavy atom. The number of aliphatic carboxylic acids is 1. The lowest BCUT2D eigenvalue weighted by atomic mass is 10.1. The topological polar surface area (TPSA) is 122 Å². The van der Waals surface area contributed by atoms with E-state index in [0.29, 0.717) is 22.9 Å². The van der Waals surface area contributed by atoms with Crippen LogP contribution in [-0.2, 0) is 19.8 Å². The molecule has 10 heteroatoms. The Kier molecular flexibility index (Phi) is 6.09. The largest absolute Gasteiger partial charge is 0.478 e. The quantitative estimate of drug-likeness (QED) is 0.610. The van der Waals surface area contributed by atoms with E-state index in [2.05, 4.69) is 4.72 Å². The number of carbonyl (C=O) groups excluding carboxylic acids is 1. The highest BCUT2D eigenvalue weighted by Gasteiger charge is 2.27. The molecule has 0 atom stereocenters. The number of hydrogen-bond acceptors (Lipinski definition) is 5. The van der Waals surface area contributed by atoms with Crippen LogP contribution in [0.5, 0.6) is 11.5 Å². The van der Waals surface area contributed by atoms with E-state index in [9.17, 15) is 18.0 Å². The summed E-state index contributed by atoms with van der Waals surface area (Å²) < 4.78 is 34.1. The second kappa shape index (κ2) is 8.54. The van der Waals surface area contributed by atoms with Gasteiger partial charge < -0.3 is 9.84 Å². The zero-order valence-electron chi connectivity index (χ0n) is 15.0. The van der Waals surface area contributed by atoms with Crippen LogP contribution in [0.1, 0.15) is 19.3 Å². The van der Waals surface area contributed by atoms with E-state index >= 15 is 0 Å². The molecule has 152 valence electrons. The van der Waals surface area contributed by atoms with Crippen LogP contribution < -0.4 is 14.2 Å². The molecule has 0 saturated carbocycles. The van der Waals surface area contributed by atoms with Gasteiger partial charge in [-0.15, -0.1) is 0 Å². The van der Waals surface area contributed by atoms with Gasteiger partial charge in [-0.05, 0) is 67.8 Å². The monoisotopic (exact) mass is 436 g/mol. The zero-order valence-corrected chi connectivity index (χ0v) is 16.6. The number of benzene rings is 2. The summed E-state index contributed by atoms with van der Waals surface area (Å²) in [6.45, 7) is 0. The van der Waals surface area contributed by atoms with E-state index in [4.69, 9.17) is 21.4 Å². The molecule has 2 aromatic carbocycles. The molecule has 0 aromatic heterocycles. The fourth-order valence-corrected chi connectivity index (χ4v) is 3.82. The lowest BCUT2D eigenvalue weighted by molar-refractivity contribution is -0.133. The summed E-state index contributed by atoms with van der Waals surface area (Å²) in [5.74, 6) is -1.11. The second-order valence-corrected chi connectivity index (χ2v) is 8.08. The normalized spacial score (nSPS) is 13.8. The van der Waals surface area contributed by atoms with Gasteiger partial charge in [-0.3, -0.25) is 9.52 Å². The minimum absolute atomic E-state index is 0.0189. The fourth-order valence-electron chi connectivity index (χ4n) is 2.82. The molecule has 3 rings (SSSR count). The number of amides is 1. The third-order valence-corrected chi connectivity index (χ3v) is 5.34. The number of hydrogen-bond donors (Lipinski definition) is 3. The number of carbonyl (C=O) groups is 2. The van der Waals surface area contributed by atoms with Crippen LogP contribution in [0.25, 0.3) is 0 Å². The summed E-state index contributed by atoms with van der Waals surface area (Å²) >= 11 is 5.82. The highest BCUT2D eigenvalue weighted by Crippen LogP contribution is 2.27. The first-order valence-corrected chi connectivity index (χ1v) is 10.4. The van der Waals surface area contributed by atoms with Gasteiger partial charge in [0.1, 0.15) is 11.5 Å². The van der Waals surface area contributed by atoms with Crippen molar-refractivity contribution < 1.29 is 27.9 Å². The molecule has 29 heavy (non-hydrogen) atoms. The van der Waals surface area contributed by atoms with E-state index in [-0.39, 0.29) is 29.7 Å². The molecule has 0 unspecified atom stereocenters. The Balaban J connectivity index is 1.64. The van der Waals surface area contributed by atoms with Crippen molar-refractivity contribution in [3.63, 3.8) is 0 Å². The third-order valence-electron chi connectivity index (χ3n) is 4.13.